The number of ketones is 1. The molecule has 0 radical (unpaired) electrons. The molecule has 1 aliphatic rings. The van der Waals surface area contributed by atoms with Gasteiger partial charge in [-0.2, -0.15) is 0 Å². The molecule has 0 aromatic heterocycles. The summed E-state index contributed by atoms with van der Waals surface area (Å²) in [4.78, 5) is 23.4. The van der Waals surface area contributed by atoms with Gasteiger partial charge in [-0.3, -0.25) is 4.79 Å². The summed E-state index contributed by atoms with van der Waals surface area (Å²) in [6.45, 7) is 1.83. The minimum Gasteiger partial charge on any atom is -0.486 e. The Morgan fingerprint density at radius 3 is 2.87 bits per heavy atom. The molecular formula is C17H22O6. The lowest BCUT2D eigenvalue weighted by molar-refractivity contribution is -0.142. The van der Waals surface area contributed by atoms with Crippen LogP contribution in [0.3, 0.4) is 0 Å². The van der Waals surface area contributed by atoms with Gasteiger partial charge in [-0.1, -0.05) is 0 Å². The topological polar surface area (TPSA) is 82.1 Å². The van der Waals surface area contributed by atoms with Gasteiger partial charge in [0.15, 0.2) is 12.4 Å². The molecule has 0 spiro atoms. The van der Waals surface area contributed by atoms with Crippen LogP contribution < -0.4 is 9.47 Å². The standard InChI is InChI=1S/C17H22O6/c1-17(7-3-4-8-18)10-14(19)13-6-5-12(9-15(13)23-17)22-11-16(20)21-2/h5-6,9,18H,3-4,7-8,10-11H2,1-2H3. The molecule has 126 valence electrons. The fourth-order valence-electron chi connectivity index (χ4n) is 2.60. The number of aliphatic hydroxyl groups excluding tert-OH is 1. The van der Waals surface area contributed by atoms with E-state index in [0.717, 1.165) is 6.42 Å². The summed E-state index contributed by atoms with van der Waals surface area (Å²) in [5.41, 5.74) is -0.0599. The predicted molar refractivity (Wildman–Crippen MR) is 82.9 cm³/mol. The molecule has 1 aliphatic heterocycles. The third kappa shape index (κ3) is 4.45. The maximum Gasteiger partial charge on any atom is 0.343 e. The van der Waals surface area contributed by atoms with Crippen LogP contribution >= 0.6 is 0 Å². The van der Waals surface area contributed by atoms with Gasteiger partial charge in [0.1, 0.15) is 17.1 Å². The third-order valence-electron chi connectivity index (χ3n) is 3.84. The highest BCUT2D eigenvalue weighted by molar-refractivity contribution is 6.00. The lowest BCUT2D eigenvalue weighted by Gasteiger charge is -2.35. The van der Waals surface area contributed by atoms with E-state index in [0.29, 0.717) is 36.3 Å². The summed E-state index contributed by atoms with van der Waals surface area (Å²) in [6, 6.07) is 4.91. The van der Waals surface area contributed by atoms with Crippen molar-refractivity contribution in [3.05, 3.63) is 23.8 Å². The molecular weight excluding hydrogens is 300 g/mol. The van der Waals surface area contributed by atoms with E-state index in [2.05, 4.69) is 4.74 Å². The van der Waals surface area contributed by atoms with Crippen molar-refractivity contribution in [2.24, 2.45) is 0 Å². The molecule has 1 N–H and O–H groups in total. The highest BCUT2D eigenvalue weighted by atomic mass is 16.6. The van der Waals surface area contributed by atoms with Crippen molar-refractivity contribution in [3.8, 4) is 11.5 Å². The highest BCUT2D eigenvalue weighted by Crippen LogP contribution is 2.37. The first-order chi connectivity index (χ1) is 11.0. The van der Waals surface area contributed by atoms with Crippen molar-refractivity contribution in [1.82, 2.24) is 0 Å². The van der Waals surface area contributed by atoms with Gasteiger partial charge < -0.3 is 19.3 Å². The Hall–Kier alpha value is -2.08. The molecule has 0 fully saturated rings. The smallest absolute Gasteiger partial charge is 0.343 e. The van der Waals surface area contributed by atoms with Gasteiger partial charge in [0.25, 0.3) is 0 Å². The first-order valence-electron chi connectivity index (χ1n) is 7.64. The summed E-state index contributed by atoms with van der Waals surface area (Å²) in [5, 5.41) is 8.89. The molecule has 0 bridgehead atoms. The van der Waals surface area contributed by atoms with Crippen LogP contribution in [-0.4, -0.2) is 42.8 Å². The molecule has 1 aromatic rings. The van der Waals surface area contributed by atoms with Gasteiger partial charge >= 0.3 is 5.97 Å². The quantitative estimate of drug-likeness (QED) is 0.612. The van der Waals surface area contributed by atoms with E-state index in [4.69, 9.17) is 14.6 Å². The monoisotopic (exact) mass is 322 g/mol. The van der Waals surface area contributed by atoms with Crippen molar-refractivity contribution >= 4 is 11.8 Å². The fraction of sp³-hybridized carbons (Fsp3) is 0.529. The molecule has 1 unspecified atom stereocenters. The lowest BCUT2D eigenvalue weighted by atomic mass is 9.87. The molecule has 0 amide bonds. The number of carbonyl (C=O) groups is 2. The number of unbranched alkanes of at least 4 members (excludes halogenated alkanes) is 1. The second-order valence-electron chi connectivity index (χ2n) is 5.86. The number of Topliss-reactive ketones (excluding diaryl/α,β-unsaturated/α-hetero) is 1. The molecule has 0 saturated carbocycles. The van der Waals surface area contributed by atoms with E-state index in [1.54, 1.807) is 18.2 Å². The molecule has 23 heavy (non-hydrogen) atoms. The van der Waals surface area contributed by atoms with E-state index in [-0.39, 0.29) is 19.0 Å². The largest absolute Gasteiger partial charge is 0.486 e. The van der Waals surface area contributed by atoms with Gasteiger partial charge in [0.05, 0.1) is 19.1 Å². The molecule has 6 heteroatoms. The summed E-state index contributed by atoms with van der Waals surface area (Å²) in [7, 11) is 1.29. The summed E-state index contributed by atoms with van der Waals surface area (Å²) in [5.74, 6) is 0.461. The van der Waals surface area contributed by atoms with Crippen LogP contribution in [0.4, 0.5) is 0 Å². The summed E-state index contributed by atoms with van der Waals surface area (Å²) in [6.07, 6.45) is 2.47. The molecule has 6 nitrogen and oxygen atoms in total. The van der Waals surface area contributed by atoms with Gasteiger partial charge in [-0.15, -0.1) is 0 Å². The van der Waals surface area contributed by atoms with Crippen LogP contribution in [0.1, 0.15) is 43.0 Å². The van der Waals surface area contributed by atoms with Crippen LogP contribution in [0, 0.1) is 0 Å². The minimum absolute atomic E-state index is 0.0252. The zero-order valence-electron chi connectivity index (χ0n) is 13.5. The van der Waals surface area contributed by atoms with E-state index >= 15 is 0 Å². The first kappa shape index (κ1) is 17.3. The van der Waals surface area contributed by atoms with Crippen molar-refractivity contribution in [2.45, 2.75) is 38.2 Å². The van der Waals surface area contributed by atoms with E-state index in [1.165, 1.54) is 7.11 Å². The fourth-order valence-corrected chi connectivity index (χ4v) is 2.60. The second kappa shape index (κ2) is 7.46. The Labute approximate surface area is 135 Å². The van der Waals surface area contributed by atoms with Crippen LogP contribution in [-0.2, 0) is 9.53 Å². The highest BCUT2D eigenvalue weighted by Gasteiger charge is 2.36. The van der Waals surface area contributed by atoms with Gasteiger partial charge in [-0.05, 0) is 38.3 Å². The van der Waals surface area contributed by atoms with Crippen molar-refractivity contribution in [3.63, 3.8) is 0 Å². The normalized spacial score (nSPS) is 19.7. The van der Waals surface area contributed by atoms with Crippen molar-refractivity contribution < 1.29 is 28.9 Å². The number of aliphatic hydroxyl groups is 1. The first-order valence-corrected chi connectivity index (χ1v) is 7.64. The number of fused-ring (bicyclic) bond motifs is 1. The number of hydrogen-bond acceptors (Lipinski definition) is 6. The Balaban J connectivity index is 2.11. The van der Waals surface area contributed by atoms with Gasteiger partial charge in [-0.25, -0.2) is 4.79 Å². The van der Waals surface area contributed by atoms with Crippen molar-refractivity contribution in [1.29, 1.82) is 0 Å². The van der Waals surface area contributed by atoms with Crippen molar-refractivity contribution in [2.75, 3.05) is 20.3 Å². The molecule has 1 atom stereocenters. The number of esters is 1. The van der Waals surface area contributed by atoms with E-state index < -0.39 is 11.6 Å². The van der Waals surface area contributed by atoms with Crippen LogP contribution in [0.15, 0.2) is 18.2 Å². The van der Waals surface area contributed by atoms with Crippen LogP contribution in [0.5, 0.6) is 11.5 Å². The number of methoxy groups -OCH3 is 1. The summed E-state index contributed by atoms with van der Waals surface area (Å²) < 4.78 is 15.9. The van der Waals surface area contributed by atoms with Crippen LogP contribution in [0.2, 0.25) is 0 Å². The molecule has 0 saturated heterocycles. The van der Waals surface area contributed by atoms with E-state index in [9.17, 15) is 9.59 Å². The zero-order chi connectivity index (χ0) is 16.9. The lowest BCUT2D eigenvalue weighted by Crippen LogP contribution is -2.39. The maximum absolute atomic E-state index is 12.3. The second-order valence-corrected chi connectivity index (χ2v) is 5.86. The Bertz CT molecular complexity index is 582. The predicted octanol–water partition coefficient (Wildman–Crippen LogP) is 2.12. The molecule has 1 heterocycles. The average molecular weight is 322 g/mol. The van der Waals surface area contributed by atoms with E-state index in [1.807, 2.05) is 6.92 Å². The number of rotatable bonds is 7. The Morgan fingerprint density at radius 2 is 2.17 bits per heavy atom. The average Bonchev–Trinajstić information content (AvgIpc) is 2.52. The summed E-state index contributed by atoms with van der Waals surface area (Å²) >= 11 is 0. The Morgan fingerprint density at radius 1 is 1.39 bits per heavy atom. The number of benzene rings is 1. The maximum atomic E-state index is 12.3. The van der Waals surface area contributed by atoms with Gasteiger partial charge in [0.2, 0.25) is 0 Å². The van der Waals surface area contributed by atoms with Gasteiger partial charge in [0, 0.05) is 12.7 Å². The number of ether oxygens (including phenoxy) is 3. The Kier molecular flexibility index (Phi) is 5.60. The molecule has 1 aromatic carbocycles. The SMILES string of the molecule is COC(=O)COc1ccc2c(c1)OC(C)(CCCCO)CC2=O. The molecule has 2 rings (SSSR count). The zero-order valence-corrected chi connectivity index (χ0v) is 13.5. The van der Waals surface area contributed by atoms with Crippen LogP contribution in [0.25, 0.3) is 0 Å². The molecule has 0 aliphatic carbocycles. The minimum atomic E-state index is -0.583. The number of carbonyl (C=O) groups excluding carboxylic acids is 2. The third-order valence-corrected chi connectivity index (χ3v) is 3.84. The number of hydrogen-bond donors (Lipinski definition) is 1.